The van der Waals surface area contributed by atoms with Crippen LogP contribution in [-0.4, -0.2) is 30.0 Å². The zero-order chi connectivity index (χ0) is 13.4. The number of hydrogen-bond acceptors (Lipinski definition) is 3. The average molecular weight is 253 g/mol. The molecule has 2 N–H and O–H groups in total. The Hall–Kier alpha value is -1.00. The average Bonchev–Trinajstić information content (AvgIpc) is 2.37. The molecular weight excluding hydrogens is 229 g/mol. The van der Waals surface area contributed by atoms with Gasteiger partial charge in [-0.1, -0.05) is 19.8 Å². The predicted molar refractivity (Wildman–Crippen MR) is 72.8 cm³/mol. The number of nitrogens with two attached hydrogens (primary N) is 1. The topological polar surface area (TPSA) is 42.1 Å². The predicted octanol–water partition coefficient (Wildman–Crippen LogP) is 2.73. The maximum atomic E-state index is 12.7. The molecule has 0 radical (unpaired) electrons. The number of halogens is 1. The van der Waals surface area contributed by atoms with Crippen molar-refractivity contribution in [1.82, 2.24) is 9.88 Å². The van der Waals surface area contributed by atoms with Gasteiger partial charge < -0.3 is 10.6 Å². The van der Waals surface area contributed by atoms with Gasteiger partial charge in [-0.05, 0) is 45.1 Å². The van der Waals surface area contributed by atoms with Crippen LogP contribution in [0, 0.1) is 5.82 Å². The van der Waals surface area contributed by atoms with E-state index in [2.05, 4.69) is 23.9 Å². The maximum Gasteiger partial charge on any atom is 0.141 e. The van der Waals surface area contributed by atoms with E-state index < -0.39 is 0 Å². The molecule has 102 valence electrons. The van der Waals surface area contributed by atoms with Crippen molar-refractivity contribution < 1.29 is 4.39 Å². The van der Waals surface area contributed by atoms with Crippen molar-refractivity contribution in [3.8, 4) is 0 Å². The fourth-order valence-electron chi connectivity index (χ4n) is 1.86. The molecule has 1 rings (SSSR count). The number of pyridine rings is 1. The van der Waals surface area contributed by atoms with Crippen LogP contribution < -0.4 is 5.73 Å². The number of nitrogens with zero attached hydrogens (tertiary/aromatic N) is 2. The van der Waals surface area contributed by atoms with Crippen LogP contribution >= 0.6 is 0 Å². The van der Waals surface area contributed by atoms with E-state index >= 15 is 0 Å². The molecule has 0 amide bonds. The first-order valence-corrected chi connectivity index (χ1v) is 6.69. The van der Waals surface area contributed by atoms with Crippen molar-refractivity contribution in [3.63, 3.8) is 0 Å². The standard InChI is InChI=1S/C14H24FN3/c1-3-4-5-9-18(2)10-8-13(16)14-7-6-12(15)11-17-14/h6-7,11,13H,3-5,8-10,16H2,1-2H3. The molecule has 0 saturated heterocycles. The molecule has 1 unspecified atom stereocenters. The van der Waals surface area contributed by atoms with Crippen LogP contribution in [0.4, 0.5) is 4.39 Å². The molecule has 1 atom stereocenters. The molecule has 0 spiro atoms. The molecule has 0 aliphatic carbocycles. The Kier molecular flexibility index (Phi) is 6.83. The van der Waals surface area contributed by atoms with E-state index in [9.17, 15) is 4.39 Å². The van der Waals surface area contributed by atoms with Crippen LogP contribution in [0.25, 0.3) is 0 Å². The summed E-state index contributed by atoms with van der Waals surface area (Å²) in [7, 11) is 2.11. The van der Waals surface area contributed by atoms with E-state index in [0.29, 0.717) is 0 Å². The highest BCUT2D eigenvalue weighted by Crippen LogP contribution is 2.12. The normalized spacial score (nSPS) is 12.9. The highest BCUT2D eigenvalue weighted by atomic mass is 19.1. The third-order valence-electron chi connectivity index (χ3n) is 3.10. The van der Waals surface area contributed by atoms with Crippen LogP contribution in [0.2, 0.25) is 0 Å². The first kappa shape index (κ1) is 15.1. The zero-order valence-electron chi connectivity index (χ0n) is 11.4. The summed E-state index contributed by atoms with van der Waals surface area (Å²) in [6.45, 7) is 4.26. The second-order valence-corrected chi connectivity index (χ2v) is 4.81. The van der Waals surface area contributed by atoms with Crippen molar-refractivity contribution in [2.45, 2.75) is 38.6 Å². The van der Waals surface area contributed by atoms with Gasteiger partial charge in [-0.3, -0.25) is 4.98 Å². The van der Waals surface area contributed by atoms with Gasteiger partial charge in [-0.2, -0.15) is 0 Å². The minimum absolute atomic E-state index is 0.112. The summed E-state index contributed by atoms with van der Waals surface area (Å²) in [5.41, 5.74) is 6.80. The number of aromatic nitrogens is 1. The molecule has 0 aliphatic rings. The Morgan fingerprint density at radius 3 is 2.72 bits per heavy atom. The minimum Gasteiger partial charge on any atom is -0.323 e. The summed E-state index contributed by atoms with van der Waals surface area (Å²) in [5.74, 6) is -0.317. The van der Waals surface area contributed by atoms with Crippen molar-refractivity contribution in [3.05, 3.63) is 29.8 Å². The lowest BCUT2D eigenvalue weighted by Crippen LogP contribution is -2.25. The van der Waals surface area contributed by atoms with E-state index in [0.717, 1.165) is 25.2 Å². The number of unbranched alkanes of at least 4 members (excludes halogenated alkanes) is 2. The van der Waals surface area contributed by atoms with Crippen LogP contribution in [0.5, 0.6) is 0 Å². The molecule has 0 saturated carbocycles. The lowest BCUT2D eigenvalue weighted by atomic mass is 10.1. The van der Waals surface area contributed by atoms with E-state index in [1.165, 1.54) is 31.5 Å². The monoisotopic (exact) mass is 253 g/mol. The van der Waals surface area contributed by atoms with Gasteiger partial charge in [0, 0.05) is 6.04 Å². The van der Waals surface area contributed by atoms with Crippen LogP contribution in [0.15, 0.2) is 18.3 Å². The zero-order valence-corrected chi connectivity index (χ0v) is 11.4. The third-order valence-corrected chi connectivity index (χ3v) is 3.10. The summed E-state index contributed by atoms with van der Waals surface area (Å²) in [6.07, 6.45) is 5.82. The third kappa shape index (κ3) is 5.56. The fourth-order valence-corrected chi connectivity index (χ4v) is 1.86. The largest absolute Gasteiger partial charge is 0.323 e. The van der Waals surface area contributed by atoms with Crippen molar-refractivity contribution >= 4 is 0 Å². The van der Waals surface area contributed by atoms with E-state index in [1.54, 1.807) is 6.07 Å². The Balaban J connectivity index is 2.27. The molecular formula is C14H24FN3. The molecule has 0 aliphatic heterocycles. The second-order valence-electron chi connectivity index (χ2n) is 4.81. The van der Waals surface area contributed by atoms with Gasteiger partial charge in [0.25, 0.3) is 0 Å². The molecule has 0 aromatic carbocycles. The Morgan fingerprint density at radius 2 is 2.11 bits per heavy atom. The molecule has 4 heteroatoms. The highest BCUT2D eigenvalue weighted by Gasteiger charge is 2.08. The van der Waals surface area contributed by atoms with E-state index in [4.69, 9.17) is 5.73 Å². The Labute approximate surface area is 109 Å². The van der Waals surface area contributed by atoms with Crippen molar-refractivity contribution in [2.24, 2.45) is 5.73 Å². The summed E-state index contributed by atoms with van der Waals surface area (Å²) in [4.78, 5) is 6.30. The quantitative estimate of drug-likeness (QED) is 0.724. The number of hydrogen-bond donors (Lipinski definition) is 1. The Bertz CT molecular complexity index is 326. The maximum absolute atomic E-state index is 12.7. The van der Waals surface area contributed by atoms with E-state index in [-0.39, 0.29) is 11.9 Å². The molecule has 0 fully saturated rings. The van der Waals surface area contributed by atoms with Gasteiger partial charge in [0.15, 0.2) is 0 Å². The summed E-state index contributed by atoms with van der Waals surface area (Å²) >= 11 is 0. The first-order chi connectivity index (χ1) is 8.63. The van der Waals surface area contributed by atoms with Gasteiger partial charge in [0.05, 0.1) is 11.9 Å². The lowest BCUT2D eigenvalue weighted by Gasteiger charge is -2.19. The summed E-state index contributed by atoms with van der Waals surface area (Å²) in [6, 6.07) is 2.96. The first-order valence-electron chi connectivity index (χ1n) is 6.69. The minimum atomic E-state index is -0.317. The van der Waals surface area contributed by atoms with Gasteiger partial charge >= 0.3 is 0 Å². The molecule has 18 heavy (non-hydrogen) atoms. The van der Waals surface area contributed by atoms with Gasteiger partial charge in [0.2, 0.25) is 0 Å². The lowest BCUT2D eigenvalue weighted by molar-refractivity contribution is 0.310. The SMILES string of the molecule is CCCCCN(C)CCC(N)c1ccc(F)cn1. The van der Waals surface area contributed by atoms with Crippen LogP contribution in [0.3, 0.4) is 0 Å². The van der Waals surface area contributed by atoms with Gasteiger partial charge in [-0.25, -0.2) is 4.39 Å². The van der Waals surface area contributed by atoms with Gasteiger partial charge in [0.1, 0.15) is 5.82 Å². The number of rotatable bonds is 8. The second kappa shape index (κ2) is 8.16. The van der Waals surface area contributed by atoms with E-state index in [1.807, 2.05) is 0 Å². The molecule has 1 aromatic rings. The summed E-state index contributed by atoms with van der Waals surface area (Å²) < 4.78 is 12.7. The summed E-state index contributed by atoms with van der Waals surface area (Å²) in [5, 5.41) is 0. The Morgan fingerprint density at radius 1 is 1.33 bits per heavy atom. The fraction of sp³-hybridized carbons (Fsp3) is 0.643. The van der Waals surface area contributed by atoms with Crippen LogP contribution in [0.1, 0.15) is 44.3 Å². The van der Waals surface area contributed by atoms with Gasteiger partial charge in [-0.15, -0.1) is 0 Å². The molecule has 1 heterocycles. The molecule has 1 aromatic heterocycles. The molecule has 0 bridgehead atoms. The van der Waals surface area contributed by atoms with Crippen molar-refractivity contribution in [2.75, 3.05) is 20.1 Å². The van der Waals surface area contributed by atoms with Crippen molar-refractivity contribution in [1.29, 1.82) is 0 Å². The smallest absolute Gasteiger partial charge is 0.141 e. The highest BCUT2D eigenvalue weighted by molar-refractivity contribution is 5.09. The van der Waals surface area contributed by atoms with Crippen LogP contribution in [-0.2, 0) is 0 Å². The molecule has 3 nitrogen and oxygen atoms in total.